The molecule has 1 aliphatic rings. The molecular weight excluding hydrogens is 275 g/mol. The third-order valence-electron chi connectivity index (χ3n) is 2.23. The number of carbonyl (C=O) groups excluding carboxylic acids is 1. The van der Waals surface area contributed by atoms with Gasteiger partial charge >= 0.3 is 0 Å². The molecule has 2 rings (SSSR count). The molecule has 0 aromatic heterocycles. The SMILES string of the molecule is COc1cc(/C=N/N2C(=O)CSC2=S)ccc1F. The molecule has 7 heteroatoms. The van der Waals surface area contributed by atoms with Gasteiger partial charge in [0.15, 0.2) is 15.9 Å². The van der Waals surface area contributed by atoms with Gasteiger partial charge in [-0.1, -0.05) is 30.0 Å². The number of nitrogens with zero attached hydrogens (tertiary/aromatic N) is 2. The molecule has 1 aromatic carbocycles. The van der Waals surface area contributed by atoms with Gasteiger partial charge < -0.3 is 4.74 Å². The number of ether oxygens (including phenoxy) is 1. The van der Waals surface area contributed by atoms with Crippen molar-refractivity contribution < 1.29 is 13.9 Å². The summed E-state index contributed by atoms with van der Waals surface area (Å²) < 4.78 is 18.5. The van der Waals surface area contributed by atoms with Gasteiger partial charge in [0.25, 0.3) is 5.91 Å². The number of thioether (sulfide) groups is 1. The Morgan fingerprint density at radius 2 is 2.39 bits per heavy atom. The van der Waals surface area contributed by atoms with E-state index in [0.29, 0.717) is 15.6 Å². The summed E-state index contributed by atoms with van der Waals surface area (Å²) in [6, 6.07) is 4.31. The highest BCUT2D eigenvalue weighted by molar-refractivity contribution is 8.23. The number of hydrazone groups is 1. The topological polar surface area (TPSA) is 41.9 Å². The maximum atomic E-state index is 13.2. The van der Waals surface area contributed by atoms with Gasteiger partial charge in [-0.15, -0.1) is 0 Å². The number of thiocarbonyl (C=S) groups is 1. The molecule has 0 aliphatic carbocycles. The van der Waals surface area contributed by atoms with E-state index < -0.39 is 5.82 Å². The largest absolute Gasteiger partial charge is 0.494 e. The van der Waals surface area contributed by atoms with Gasteiger partial charge in [-0.2, -0.15) is 10.1 Å². The lowest BCUT2D eigenvalue weighted by Crippen LogP contribution is -2.22. The van der Waals surface area contributed by atoms with Gasteiger partial charge in [0.05, 0.1) is 19.1 Å². The van der Waals surface area contributed by atoms with Crippen molar-refractivity contribution in [2.45, 2.75) is 0 Å². The Hall–Kier alpha value is -1.47. The van der Waals surface area contributed by atoms with E-state index in [1.165, 1.54) is 43.3 Å². The summed E-state index contributed by atoms with van der Waals surface area (Å²) in [7, 11) is 1.38. The molecule has 0 atom stereocenters. The van der Waals surface area contributed by atoms with E-state index in [0.717, 1.165) is 5.01 Å². The van der Waals surface area contributed by atoms with E-state index in [1.54, 1.807) is 0 Å². The molecule has 0 bridgehead atoms. The molecule has 1 fully saturated rings. The van der Waals surface area contributed by atoms with Crippen LogP contribution in [0.3, 0.4) is 0 Å². The van der Waals surface area contributed by atoms with Crippen molar-refractivity contribution in [2.75, 3.05) is 12.9 Å². The van der Waals surface area contributed by atoms with Gasteiger partial charge in [-0.3, -0.25) is 4.79 Å². The lowest BCUT2D eigenvalue weighted by molar-refractivity contribution is -0.123. The fourth-order valence-corrected chi connectivity index (χ4v) is 2.31. The molecule has 1 amide bonds. The minimum Gasteiger partial charge on any atom is -0.494 e. The van der Waals surface area contributed by atoms with E-state index in [-0.39, 0.29) is 11.7 Å². The first kappa shape index (κ1) is 13.0. The lowest BCUT2D eigenvalue weighted by Gasteiger charge is -2.07. The van der Waals surface area contributed by atoms with Crippen molar-refractivity contribution in [1.82, 2.24) is 5.01 Å². The summed E-state index contributed by atoms with van der Waals surface area (Å²) in [5.74, 6) is -0.167. The quantitative estimate of drug-likeness (QED) is 0.629. The van der Waals surface area contributed by atoms with Crippen LogP contribution in [0.25, 0.3) is 0 Å². The minimum atomic E-state index is -0.446. The molecule has 4 nitrogen and oxygen atoms in total. The molecule has 1 aromatic rings. The summed E-state index contributed by atoms with van der Waals surface area (Å²) in [6.07, 6.45) is 1.44. The number of hydrogen-bond donors (Lipinski definition) is 0. The van der Waals surface area contributed by atoms with Crippen LogP contribution < -0.4 is 4.74 Å². The van der Waals surface area contributed by atoms with Crippen LogP contribution in [0.2, 0.25) is 0 Å². The normalized spacial score (nSPS) is 15.8. The van der Waals surface area contributed by atoms with E-state index in [2.05, 4.69) is 5.10 Å². The average Bonchev–Trinajstić information content (AvgIpc) is 2.68. The zero-order valence-corrected chi connectivity index (χ0v) is 11.1. The molecule has 1 saturated heterocycles. The second-order valence-electron chi connectivity index (χ2n) is 3.40. The third-order valence-corrected chi connectivity index (χ3v) is 3.56. The molecule has 18 heavy (non-hydrogen) atoms. The number of rotatable bonds is 3. The van der Waals surface area contributed by atoms with Gasteiger partial charge in [-0.05, 0) is 17.7 Å². The van der Waals surface area contributed by atoms with Crippen LogP contribution in [0.1, 0.15) is 5.56 Å². The standard InChI is InChI=1S/C11H9FN2O2S2/c1-16-9-4-7(2-3-8(9)12)5-13-14-10(15)6-18-11(14)17/h2-5H,6H2,1H3/b13-5+. The molecule has 1 aliphatic heterocycles. The fraction of sp³-hybridized carbons (Fsp3) is 0.182. The van der Waals surface area contributed by atoms with E-state index in [4.69, 9.17) is 17.0 Å². The van der Waals surface area contributed by atoms with Crippen molar-refractivity contribution in [3.8, 4) is 5.75 Å². The Morgan fingerprint density at radius 1 is 1.61 bits per heavy atom. The number of halogens is 1. The maximum Gasteiger partial charge on any atom is 0.259 e. The van der Waals surface area contributed by atoms with E-state index >= 15 is 0 Å². The van der Waals surface area contributed by atoms with Gasteiger partial charge in [0.1, 0.15) is 0 Å². The number of benzene rings is 1. The summed E-state index contributed by atoms with van der Waals surface area (Å²) >= 11 is 6.24. The smallest absolute Gasteiger partial charge is 0.259 e. The Balaban J connectivity index is 2.18. The minimum absolute atomic E-state index is 0.128. The zero-order valence-electron chi connectivity index (χ0n) is 9.42. The van der Waals surface area contributed by atoms with Crippen molar-refractivity contribution in [1.29, 1.82) is 0 Å². The van der Waals surface area contributed by atoms with Crippen LogP contribution >= 0.6 is 24.0 Å². The Bertz CT molecular complexity index is 518. The third kappa shape index (κ3) is 2.68. The number of carbonyl (C=O) groups is 1. The highest BCUT2D eigenvalue weighted by Crippen LogP contribution is 2.20. The van der Waals surface area contributed by atoms with Crippen LogP contribution in [0.15, 0.2) is 23.3 Å². The number of hydrogen-bond acceptors (Lipinski definition) is 5. The first-order valence-electron chi connectivity index (χ1n) is 4.99. The van der Waals surface area contributed by atoms with Crippen LogP contribution in [0.5, 0.6) is 5.75 Å². The highest BCUT2D eigenvalue weighted by atomic mass is 32.2. The van der Waals surface area contributed by atoms with Gasteiger partial charge in [0, 0.05) is 0 Å². The summed E-state index contributed by atoms with van der Waals surface area (Å²) in [5.41, 5.74) is 0.626. The second kappa shape index (κ2) is 5.45. The van der Waals surface area contributed by atoms with Crippen molar-refractivity contribution in [2.24, 2.45) is 5.10 Å². The van der Waals surface area contributed by atoms with E-state index in [9.17, 15) is 9.18 Å². The molecule has 0 N–H and O–H groups in total. The van der Waals surface area contributed by atoms with Crippen molar-refractivity contribution >= 4 is 40.4 Å². The number of methoxy groups -OCH3 is 1. The van der Waals surface area contributed by atoms with E-state index in [1.807, 2.05) is 0 Å². The van der Waals surface area contributed by atoms with Crippen LogP contribution in [0, 0.1) is 5.82 Å². The molecule has 0 spiro atoms. The zero-order chi connectivity index (χ0) is 13.1. The first-order valence-corrected chi connectivity index (χ1v) is 6.38. The molecule has 1 heterocycles. The van der Waals surface area contributed by atoms with Crippen LogP contribution in [-0.4, -0.2) is 34.3 Å². The summed E-state index contributed by atoms with van der Waals surface area (Å²) in [6.45, 7) is 0. The fourth-order valence-electron chi connectivity index (χ4n) is 1.34. The van der Waals surface area contributed by atoms with Gasteiger partial charge in [-0.25, -0.2) is 4.39 Å². The Kier molecular flexibility index (Phi) is 3.93. The Morgan fingerprint density at radius 3 is 3.00 bits per heavy atom. The lowest BCUT2D eigenvalue weighted by atomic mass is 10.2. The summed E-state index contributed by atoms with van der Waals surface area (Å²) in [4.78, 5) is 11.4. The predicted molar refractivity (Wildman–Crippen MR) is 72.4 cm³/mol. The van der Waals surface area contributed by atoms with Crippen LogP contribution in [-0.2, 0) is 4.79 Å². The van der Waals surface area contributed by atoms with Crippen molar-refractivity contribution in [3.05, 3.63) is 29.6 Å². The monoisotopic (exact) mass is 284 g/mol. The Labute approximate surface area is 113 Å². The molecule has 94 valence electrons. The van der Waals surface area contributed by atoms with Gasteiger partial charge in [0.2, 0.25) is 0 Å². The predicted octanol–water partition coefficient (Wildman–Crippen LogP) is 2.03. The first-order chi connectivity index (χ1) is 8.61. The average molecular weight is 284 g/mol. The molecule has 0 saturated carbocycles. The second-order valence-corrected chi connectivity index (χ2v) is 5.01. The maximum absolute atomic E-state index is 13.2. The number of amides is 1. The molecule has 0 radical (unpaired) electrons. The highest BCUT2D eigenvalue weighted by Gasteiger charge is 2.25. The van der Waals surface area contributed by atoms with Crippen molar-refractivity contribution in [3.63, 3.8) is 0 Å². The molecular formula is C11H9FN2O2S2. The molecule has 0 unspecified atom stereocenters. The van der Waals surface area contributed by atoms with Crippen LogP contribution in [0.4, 0.5) is 4.39 Å². The summed E-state index contributed by atoms with van der Waals surface area (Å²) in [5, 5.41) is 5.14.